The minimum Gasteiger partial charge on any atom is -0.871 e. The van der Waals surface area contributed by atoms with Crippen LogP contribution in [0.25, 0.3) is 22.1 Å². The van der Waals surface area contributed by atoms with Crippen molar-refractivity contribution in [3.63, 3.8) is 0 Å². The van der Waals surface area contributed by atoms with Crippen molar-refractivity contribution in [1.82, 2.24) is 0 Å². The van der Waals surface area contributed by atoms with Crippen molar-refractivity contribution >= 4 is 33.7 Å². The zero-order valence-corrected chi connectivity index (χ0v) is 12.3. The van der Waals surface area contributed by atoms with Crippen molar-refractivity contribution in [2.75, 3.05) is 5.32 Å². The van der Waals surface area contributed by atoms with E-state index < -0.39 is 23.3 Å². The number of carbonyl (C=O) groups is 1. The first-order chi connectivity index (χ1) is 11.6. The summed E-state index contributed by atoms with van der Waals surface area (Å²) in [5.74, 6) is -2.76. The molecule has 1 amide bonds. The van der Waals surface area contributed by atoms with Gasteiger partial charge in [0, 0.05) is 11.6 Å². The first kappa shape index (κ1) is 14.4. The minimum atomic E-state index is -0.898. The largest absolute Gasteiger partial charge is 0.871 e. The Morgan fingerprint density at radius 3 is 2.38 bits per heavy atom. The normalized spacial score (nSPS) is 12.8. The van der Waals surface area contributed by atoms with Gasteiger partial charge in [-0.15, -0.1) is 0 Å². The topological polar surface area (TPSA) is 52.2 Å². The number of carbonyl (C=O) groups excluding carboxylic acids is 1. The summed E-state index contributed by atoms with van der Waals surface area (Å²) in [6, 6.07) is 13.4. The van der Waals surface area contributed by atoms with Crippen molar-refractivity contribution < 1.29 is 18.7 Å². The molecule has 0 saturated carbocycles. The van der Waals surface area contributed by atoms with Crippen LogP contribution in [0.3, 0.4) is 0 Å². The lowest BCUT2D eigenvalue weighted by Gasteiger charge is -2.14. The van der Waals surface area contributed by atoms with E-state index in [9.17, 15) is 18.7 Å². The van der Waals surface area contributed by atoms with Crippen molar-refractivity contribution in [3.8, 4) is 0 Å². The maximum atomic E-state index is 13.7. The number of hydrogen-bond acceptors (Lipinski definition) is 2. The molecular formula is C19H10F2NO2-. The third kappa shape index (κ3) is 2.06. The van der Waals surface area contributed by atoms with Crippen molar-refractivity contribution in [3.05, 3.63) is 77.4 Å². The molecular weight excluding hydrogens is 312 g/mol. The van der Waals surface area contributed by atoms with Crippen LogP contribution in [0, 0.1) is 11.6 Å². The quantitative estimate of drug-likeness (QED) is 0.787. The van der Waals surface area contributed by atoms with Gasteiger partial charge in [0.2, 0.25) is 0 Å². The summed E-state index contributed by atoms with van der Waals surface area (Å²) in [7, 11) is 0. The summed E-state index contributed by atoms with van der Waals surface area (Å²) < 4.78 is 26.7. The van der Waals surface area contributed by atoms with E-state index in [2.05, 4.69) is 5.32 Å². The second-order valence-corrected chi connectivity index (χ2v) is 5.49. The van der Waals surface area contributed by atoms with Crippen LogP contribution in [0.1, 0.15) is 11.1 Å². The molecule has 0 spiro atoms. The van der Waals surface area contributed by atoms with E-state index in [1.165, 1.54) is 0 Å². The molecule has 1 aliphatic carbocycles. The molecule has 0 saturated heterocycles. The number of anilines is 1. The molecule has 1 N–H and O–H groups in total. The van der Waals surface area contributed by atoms with E-state index >= 15 is 0 Å². The highest BCUT2D eigenvalue weighted by atomic mass is 19.1. The van der Waals surface area contributed by atoms with Gasteiger partial charge in [-0.25, -0.2) is 8.78 Å². The zero-order valence-electron chi connectivity index (χ0n) is 12.3. The monoisotopic (exact) mass is 322 g/mol. The van der Waals surface area contributed by atoms with Crippen LogP contribution < -0.4 is 10.4 Å². The van der Waals surface area contributed by atoms with Crippen molar-refractivity contribution in [2.24, 2.45) is 0 Å². The number of hydrogen-bond donors (Lipinski definition) is 1. The Hall–Kier alpha value is -3.21. The highest BCUT2D eigenvalue weighted by Gasteiger charge is 2.24. The predicted molar refractivity (Wildman–Crippen MR) is 85.7 cm³/mol. The third-order valence-electron chi connectivity index (χ3n) is 4.05. The molecule has 0 aromatic heterocycles. The fraction of sp³-hybridized carbons (Fsp3) is 0. The first-order valence-electron chi connectivity index (χ1n) is 7.26. The summed E-state index contributed by atoms with van der Waals surface area (Å²) in [4.78, 5) is 12.5. The van der Waals surface area contributed by atoms with Gasteiger partial charge in [0.05, 0.1) is 5.69 Å². The molecule has 24 heavy (non-hydrogen) atoms. The highest BCUT2D eigenvalue weighted by molar-refractivity contribution is 6.36. The molecule has 5 heteroatoms. The van der Waals surface area contributed by atoms with Gasteiger partial charge in [-0.1, -0.05) is 42.2 Å². The molecule has 118 valence electrons. The molecule has 1 aliphatic rings. The number of amides is 1. The smallest absolute Gasteiger partial charge is 0.255 e. The summed E-state index contributed by atoms with van der Waals surface area (Å²) in [6.45, 7) is 0. The number of benzene rings is 3. The predicted octanol–water partition coefficient (Wildman–Crippen LogP) is 3.30. The van der Waals surface area contributed by atoms with Gasteiger partial charge in [-0.2, -0.15) is 0 Å². The average Bonchev–Trinajstić information content (AvgIpc) is 2.85. The Morgan fingerprint density at radius 1 is 0.958 bits per heavy atom. The van der Waals surface area contributed by atoms with Gasteiger partial charge in [0.25, 0.3) is 5.91 Å². The van der Waals surface area contributed by atoms with Crippen LogP contribution in [0.15, 0.2) is 54.6 Å². The van der Waals surface area contributed by atoms with Crippen LogP contribution in [0.2, 0.25) is 0 Å². The van der Waals surface area contributed by atoms with Crippen LogP contribution in [0.5, 0.6) is 0 Å². The van der Waals surface area contributed by atoms with Gasteiger partial charge < -0.3 is 10.4 Å². The van der Waals surface area contributed by atoms with E-state index in [1.807, 2.05) is 12.1 Å². The summed E-state index contributed by atoms with van der Waals surface area (Å²) in [5.41, 5.74) is 0.760. The third-order valence-corrected chi connectivity index (χ3v) is 4.05. The van der Waals surface area contributed by atoms with Crippen LogP contribution in [-0.2, 0) is 4.79 Å². The SMILES string of the molecule is O=C(Nc1ccc(F)cc1F)C1=C([O-])c2cccc3cccc1c23. The van der Waals surface area contributed by atoms with E-state index in [-0.39, 0.29) is 11.3 Å². The second-order valence-electron chi connectivity index (χ2n) is 5.49. The Labute approximate surface area is 135 Å². The van der Waals surface area contributed by atoms with E-state index in [0.717, 1.165) is 22.9 Å². The van der Waals surface area contributed by atoms with Crippen LogP contribution >= 0.6 is 0 Å². The lowest BCUT2D eigenvalue weighted by Crippen LogP contribution is -2.17. The van der Waals surface area contributed by atoms with Gasteiger partial charge in [0.1, 0.15) is 11.6 Å². The summed E-state index contributed by atoms with van der Waals surface area (Å²) in [5, 5.41) is 16.5. The molecule has 0 radical (unpaired) electrons. The number of rotatable bonds is 2. The number of halogens is 2. The molecule has 0 atom stereocenters. The molecule has 0 unspecified atom stereocenters. The van der Waals surface area contributed by atoms with Crippen molar-refractivity contribution in [2.45, 2.75) is 0 Å². The van der Waals surface area contributed by atoms with Gasteiger partial charge >= 0.3 is 0 Å². The number of nitrogens with one attached hydrogen (secondary N) is 1. The molecule has 0 heterocycles. The van der Waals surface area contributed by atoms with Crippen LogP contribution in [-0.4, -0.2) is 5.91 Å². The van der Waals surface area contributed by atoms with Gasteiger partial charge in [-0.3, -0.25) is 4.79 Å². The fourth-order valence-electron chi connectivity index (χ4n) is 3.00. The van der Waals surface area contributed by atoms with Gasteiger partial charge in [0.15, 0.2) is 0 Å². The zero-order chi connectivity index (χ0) is 16.8. The van der Waals surface area contributed by atoms with Crippen LogP contribution in [0.4, 0.5) is 14.5 Å². The maximum Gasteiger partial charge on any atom is 0.255 e. The molecule has 3 aromatic carbocycles. The van der Waals surface area contributed by atoms with E-state index in [0.29, 0.717) is 17.2 Å². The van der Waals surface area contributed by atoms with Crippen molar-refractivity contribution in [1.29, 1.82) is 0 Å². The lowest BCUT2D eigenvalue weighted by molar-refractivity contribution is -0.242. The molecule has 4 rings (SSSR count). The van der Waals surface area contributed by atoms with E-state index in [4.69, 9.17) is 0 Å². The molecule has 0 bridgehead atoms. The average molecular weight is 322 g/mol. The Kier molecular flexibility index (Phi) is 3.09. The molecule has 0 fully saturated rings. The van der Waals surface area contributed by atoms with Gasteiger partial charge in [-0.05, 0) is 34.0 Å². The minimum absolute atomic E-state index is 0.0366. The first-order valence-corrected chi connectivity index (χ1v) is 7.26. The molecule has 3 aromatic rings. The lowest BCUT2D eigenvalue weighted by atomic mass is 10.0. The molecule has 0 aliphatic heterocycles. The Balaban J connectivity index is 1.78. The molecule has 3 nitrogen and oxygen atoms in total. The second kappa shape index (κ2) is 5.16. The highest BCUT2D eigenvalue weighted by Crippen LogP contribution is 2.39. The Bertz CT molecular complexity index is 1040. The van der Waals surface area contributed by atoms with E-state index in [1.54, 1.807) is 24.3 Å². The standard InChI is InChI=1S/C19H11F2NO2/c20-11-7-8-15(14(21)9-11)22-19(24)17-12-5-1-3-10-4-2-6-13(16(10)12)18(17)23/h1-9,23H,(H,22,24)/p-1. The Morgan fingerprint density at radius 2 is 1.67 bits per heavy atom. The summed E-state index contributed by atoms with van der Waals surface area (Å²) in [6.07, 6.45) is 0. The maximum absolute atomic E-state index is 13.7. The fourth-order valence-corrected chi connectivity index (χ4v) is 3.00. The summed E-state index contributed by atoms with van der Waals surface area (Å²) >= 11 is 0.